The molecule has 0 saturated heterocycles. The van der Waals surface area contributed by atoms with Gasteiger partial charge in [-0.2, -0.15) is 0 Å². The lowest BCUT2D eigenvalue weighted by Gasteiger charge is -2.10. The highest BCUT2D eigenvalue weighted by Gasteiger charge is 2.17. The summed E-state index contributed by atoms with van der Waals surface area (Å²) in [5.41, 5.74) is 8.41. The van der Waals surface area contributed by atoms with Crippen LogP contribution in [0.3, 0.4) is 0 Å². The van der Waals surface area contributed by atoms with E-state index in [1.165, 1.54) is 0 Å². The first kappa shape index (κ1) is 18.4. The number of ether oxygens (including phenoxy) is 1. The molecule has 136 valence electrons. The average molecular weight is 392 g/mol. The van der Waals surface area contributed by atoms with E-state index in [0.29, 0.717) is 32.9 Å². The minimum absolute atomic E-state index is 0.0574. The molecule has 1 amide bonds. The van der Waals surface area contributed by atoms with Gasteiger partial charge in [-0.05, 0) is 56.7 Å². The van der Waals surface area contributed by atoms with Gasteiger partial charge in [0.15, 0.2) is 5.75 Å². The monoisotopic (exact) mass is 391 g/mol. The number of nitrogens with one attached hydrogen (secondary N) is 2. The van der Waals surface area contributed by atoms with E-state index in [1.807, 2.05) is 32.9 Å². The summed E-state index contributed by atoms with van der Waals surface area (Å²) in [7, 11) is 0. The van der Waals surface area contributed by atoms with Gasteiger partial charge in [-0.1, -0.05) is 23.2 Å². The van der Waals surface area contributed by atoms with Gasteiger partial charge in [0.05, 0.1) is 10.0 Å². The molecule has 1 heterocycles. The molecule has 0 aliphatic rings. The van der Waals surface area contributed by atoms with Crippen LogP contribution in [0.25, 0.3) is 10.9 Å². The molecule has 0 spiro atoms. The highest BCUT2D eigenvalue weighted by atomic mass is 35.5. The molecule has 5 nitrogen and oxygen atoms in total. The number of benzene rings is 2. The Labute approximate surface area is 161 Å². The lowest BCUT2D eigenvalue weighted by molar-refractivity contribution is 0.0938. The van der Waals surface area contributed by atoms with Gasteiger partial charge >= 0.3 is 0 Å². The van der Waals surface area contributed by atoms with Crippen molar-refractivity contribution in [2.24, 2.45) is 0 Å². The Bertz CT molecular complexity index is 973. The number of H-pyrrole nitrogens is 1. The maximum absolute atomic E-state index is 12.3. The smallest absolute Gasteiger partial charge is 0.268 e. The number of nitrogen functional groups attached to an aromatic ring is 1. The second-order valence-electron chi connectivity index (χ2n) is 6.38. The molecule has 7 heteroatoms. The number of amides is 1. The fourth-order valence-electron chi connectivity index (χ4n) is 2.73. The molecule has 2 aromatic carbocycles. The molecule has 0 radical (unpaired) electrons. The normalized spacial score (nSPS) is 11.2. The predicted molar refractivity (Wildman–Crippen MR) is 107 cm³/mol. The third-order valence-electron chi connectivity index (χ3n) is 3.92. The number of hydrogen-bond donors (Lipinski definition) is 3. The van der Waals surface area contributed by atoms with Gasteiger partial charge in [0, 0.05) is 22.6 Å². The minimum Gasteiger partial charge on any atom is -0.454 e. The number of anilines is 1. The molecule has 0 aliphatic heterocycles. The molecule has 0 fully saturated rings. The summed E-state index contributed by atoms with van der Waals surface area (Å²) in [6.45, 7) is 5.73. The second kappa shape index (κ2) is 7.09. The van der Waals surface area contributed by atoms with Crippen LogP contribution in [0.15, 0.2) is 30.3 Å². The molecule has 4 N–H and O–H groups in total. The Morgan fingerprint density at radius 3 is 2.46 bits per heavy atom. The Balaban J connectivity index is 1.97. The highest BCUT2D eigenvalue weighted by Crippen LogP contribution is 2.39. The number of rotatable bonds is 4. The van der Waals surface area contributed by atoms with Crippen LogP contribution in [0, 0.1) is 6.92 Å². The number of hydrogen-bond acceptors (Lipinski definition) is 3. The topological polar surface area (TPSA) is 80.1 Å². The summed E-state index contributed by atoms with van der Waals surface area (Å²) in [5, 5.41) is 4.44. The summed E-state index contributed by atoms with van der Waals surface area (Å²) < 4.78 is 5.86. The summed E-state index contributed by atoms with van der Waals surface area (Å²) in [6, 6.07) is 8.70. The van der Waals surface area contributed by atoms with Gasteiger partial charge in [0.25, 0.3) is 5.91 Å². The van der Waals surface area contributed by atoms with E-state index < -0.39 is 0 Å². The first-order valence-electron chi connectivity index (χ1n) is 8.12. The van der Waals surface area contributed by atoms with Gasteiger partial charge in [0.2, 0.25) is 0 Å². The Morgan fingerprint density at radius 1 is 1.19 bits per heavy atom. The van der Waals surface area contributed by atoms with Crippen molar-refractivity contribution < 1.29 is 9.53 Å². The Kier molecular flexibility index (Phi) is 5.03. The van der Waals surface area contributed by atoms with Gasteiger partial charge in [-0.3, -0.25) is 4.79 Å². The number of halogens is 2. The number of fused-ring (bicyclic) bond motifs is 1. The van der Waals surface area contributed by atoms with Crippen LogP contribution in [0.1, 0.15) is 29.9 Å². The van der Waals surface area contributed by atoms with E-state index in [2.05, 4.69) is 10.3 Å². The third kappa shape index (κ3) is 3.59. The molecular formula is C19H19Cl2N3O2. The number of aryl methyl sites for hydroxylation is 1. The van der Waals surface area contributed by atoms with E-state index in [0.717, 1.165) is 16.5 Å². The van der Waals surface area contributed by atoms with Crippen LogP contribution in [-0.4, -0.2) is 16.9 Å². The molecule has 3 aromatic rings. The van der Waals surface area contributed by atoms with Gasteiger partial charge in [-0.15, -0.1) is 0 Å². The van der Waals surface area contributed by atoms with Crippen molar-refractivity contribution in [2.45, 2.75) is 26.8 Å². The van der Waals surface area contributed by atoms with Gasteiger partial charge in [0.1, 0.15) is 11.4 Å². The van der Waals surface area contributed by atoms with Gasteiger partial charge < -0.3 is 20.8 Å². The van der Waals surface area contributed by atoms with Crippen molar-refractivity contribution in [3.8, 4) is 11.5 Å². The fraction of sp³-hybridized carbons (Fsp3) is 0.211. The summed E-state index contributed by atoms with van der Waals surface area (Å²) in [6.07, 6.45) is 0. The highest BCUT2D eigenvalue weighted by molar-refractivity contribution is 6.37. The van der Waals surface area contributed by atoms with Crippen molar-refractivity contribution in [3.05, 3.63) is 51.6 Å². The quantitative estimate of drug-likeness (QED) is 0.528. The van der Waals surface area contributed by atoms with Crippen molar-refractivity contribution in [1.82, 2.24) is 10.3 Å². The molecule has 1 aromatic heterocycles. The Morgan fingerprint density at radius 2 is 1.85 bits per heavy atom. The van der Waals surface area contributed by atoms with Crippen LogP contribution in [0.4, 0.5) is 5.69 Å². The van der Waals surface area contributed by atoms with E-state index in [1.54, 1.807) is 18.2 Å². The predicted octanol–water partition coefficient (Wildman–Crippen LogP) is 5.30. The second-order valence-corrected chi connectivity index (χ2v) is 7.19. The zero-order valence-corrected chi connectivity index (χ0v) is 16.1. The first-order valence-corrected chi connectivity index (χ1v) is 8.87. The Hall–Kier alpha value is -2.37. The zero-order chi connectivity index (χ0) is 19.0. The van der Waals surface area contributed by atoms with Crippen LogP contribution in [0.5, 0.6) is 11.5 Å². The lowest BCUT2D eigenvalue weighted by Crippen LogP contribution is -2.30. The van der Waals surface area contributed by atoms with E-state index in [9.17, 15) is 4.79 Å². The molecule has 3 rings (SSSR count). The minimum atomic E-state index is -0.138. The van der Waals surface area contributed by atoms with Crippen molar-refractivity contribution in [3.63, 3.8) is 0 Å². The maximum atomic E-state index is 12.3. The van der Waals surface area contributed by atoms with Crippen LogP contribution in [0.2, 0.25) is 10.0 Å². The molecule has 0 unspecified atom stereocenters. The SMILES string of the molecule is Cc1c(C(=O)NC(C)C)[nH]c2ccc(Oc3c(Cl)cc(N)cc3Cl)cc12. The van der Waals surface area contributed by atoms with Crippen molar-refractivity contribution in [2.75, 3.05) is 5.73 Å². The largest absolute Gasteiger partial charge is 0.454 e. The van der Waals surface area contributed by atoms with E-state index >= 15 is 0 Å². The summed E-state index contributed by atoms with van der Waals surface area (Å²) >= 11 is 12.4. The standard InChI is InChI=1S/C19H19Cl2N3O2/c1-9(2)23-19(25)17-10(3)13-8-12(4-5-16(13)24-17)26-18-14(20)6-11(22)7-15(18)21/h4-9,24H,22H2,1-3H3,(H,23,25). The van der Waals surface area contributed by atoms with Crippen LogP contribution < -0.4 is 15.8 Å². The number of carbonyl (C=O) groups excluding carboxylic acids is 1. The maximum Gasteiger partial charge on any atom is 0.268 e. The summed E-state index contributed by atoms with van der Waals surface area (Å²) in [4.78, 5) is 15.5. The fourth-order valence-corrected chi connectivity index (χ4v) is 3.31. The van der Waals surface area contributed by atoms with Crippen molar-refractivity contribution >= 4 is 45.7 Å². The van der Waals surface area contributed by atoms with Crippen LogP contribution >= 0.6 is 23.2 Å². The molecule has 26 heavy (non-hydrogen) atoms. The number of carbonyl (C=O) groups is 1. The molecule has 0 atom stereocenters. The van der Waals surface area contributed by atoms with Crippen LogP contribution in [-0.2, 0) is 0 Å². The number of aromatic nitrogens is 1. The molecule has 0 saturated carbocycles. The molecule has 0 aliphatic carbocycles. The van der Waals surface area contributed by atoms with Gasteiger partial charge in [-0.25, -0.2) is 0 Å². The number of aromatic amines is 1. The lowest BCUT2D eigenvalue weighted by atomic mass is 10.1. The van der Waals surface area contributed by atoms with E-state index in [4.69, 9.17) is 33.7 Å². The molecular weight excluding hydrogens is 373 g/mol. The van der Waals surface area contributed by atoms with E-state index in [-0.39, 0.29) is 11.9 Å². The first-order chi connectivity index (χ1) is 12.3. The average Bonchev–Trinajstić information content (AvgIpc) is 2.87. The summed E-state index contributed by atoms with van der Waals surface area (Å²) in [5.74, 6) is 0.762. The molecule has 0 bridgehead atoms. The zero-order valence-electron chi connectivity index (χ0n) is 14.6. The third-order valence-corrected chi connectivity index (χ3v) is 4.48. The van der Waals surface area contributed by atoms with Crippen molar-refractivity contribution in [1.29, 1.82) is 0 Å². The number of nitrogens with two attached hydrogens (primary N) is 1.